The number of nitrogens with zero attached hydrogens (tertiary/aromatic N) is 3. The maximum Gasteiger partial charge on any atom is 0.156 e. The van der Waals surface area contributed by atoms with E-state index in [0.717, 1.165) is 41.6 Å². The van der Waals surface area contributed by atoms with Gasteiger partial charge in [0, 0.05) is 13.0 Å². The van der Waals surface area contributed by atoms with Crippen LogP contribution in [0.5, 0.6) is 0 Å². The summed E-state index contributed by atoms with van der Waals surface area (Å²) in [5.74, 6) is 0.972. The molecule has 4 nitrogen and oxygen atoms in total. The average Bonchev–Trinajstić information content (AvgIpc) is 2.79. The topological polar surface area (TPSA) is 42.2 Å². The molecule has 3 aromatic rings. The third-order valence-corrected chi connectivity index (χ3v) is 4.04. The summed E-state index contributed by atoms with van der Waals surface area (Å²) in [4.78, 5) is 4.93. The summed E-state index contributed by atoms with van der Waals surface area (Å²) in [5.41, 5.74) is 5.20. The Balaban J connectivity index is 1.83. The van der Waals surface area contributed by atoms with Crippen molar-refractivity contribution in [1.82, 2.24) is 9.78 Å². The number of nitrogens with one attached hydrogen (secondary N) is 1. The predicted molar refractivity (Wildman–Crippen MR) is 94.0 cm³/mol. The number of para-hydroxylation sites is 1. The van der Waals surface area contributed by atoms with Gasteiger partial charge in [-0.3, -0.25) is 0 Å². The molecule has 0 saturated carbocycles. The highest BCUT2D eigenvalue weighted by Crippen LogP contribution is 2.34. The Bertz CT molecular complexity index is 848. The SMILES string of the molecule is Cc1nn(-c2ccccc2)c2c1N=C(c1ccccc1)CCN2. The van der Waals surface area contributed by atoms with Crippen molar-refractivity contribution in [2.24, 2.45) is 4.99 Å². The minimum Gasteiger partial charge on any atom is -0.368 e. The molecule has 0 saturated heterocycles. The van der Waals surface area contributed by atoms with Gasteiger partial charge in [0.05, 0.1) is 17.1 Å². The zero-order valence-corrected chi connectivity index (χ0v) is 13.0. The molecule has 1 aromatic heterocycles. The first-order valence-corrected chi connectivity index (χ1v) is 7.85. The number of fused-ring (bicyclic) bond motifs is 1. The van der Waals surface area contributed by atoms with Crippen LogP contribution in [0.15, 0.2) is 65.7 Å². The second-order valence-electron chi connectivity index (χ2n) is 5.63. The molecular formula is C19H18N4. The van der Waals surface area contributed by atoms with E-state index in [2.05, 4.69) is 46.8 Å². The Labute approximate surface area is 135 Å². The fraction of sp³-hybridized carbons (Fsp3) is 0.158. The van der Waals surface area contributed by atoms with Crippen LogP contribution in [-0.2, 0) is 0 Å². The third kappa shape index (κ3) is 2.52. The molecule has 1 aliphatic rings. The summed E-state index contributed by atoms with van der Waals surface area (Å²) in [6.07, 6.45) is 0.896. The number of hydrogen-bond acceptors (Lipinski definition) is 3. The van der Waals surface area contributed by atoms with Crippen LogP contribution in [0.2, 0.25) is 0 Å². The number of hydrogen-bond donors (Lipinski definition) is 1. The smallest absolute Gasteiger partial charge is 0.156 e. The zero-order chi connectivity index (χ0) is 15.6. The van der Waals surface area contributed by atoms with Crippen molar-refractivity contribution in [2.45, 2.75) is 13.3 Å². The van der Waals surface area contributed by atoms with Gasteiger partial charge in [0.15, 0.2) is 5.82 Å². The van der Waals surface area contributed by atoms with E-state index in [1.54, 1.807) is 0 Å². The van der Waals surface area contributed by atoms with Crippen LogP contribution in [0.1, 0.15) is 17.7 Å². The van der Waals surface area contributed by atoms with E-state index < -0.39 is 0 Å². The monoisotopic (exact) mass is 302 g/mol. The summed E-state index contributed by atoms with van der Waals surface area (Å²) >= 11 is 0. The lowest BCUT2D eigenvalue weighted by atomic mass is 10.1. The Kier molecular flexibility index (Phi) is 3.42. The van der Waals surface area contributed by atoms with Crippen molar-refractivity contribution in [3.63, 3.8) is 0 Å². The number of aliphatic imine (C=N–C) groups is 1. The highest BCUT2D eigenvalue weighted by molar-refractivity contribution is 6.03. The molecule has 1 N–H and O–H groups in total. The van der Waals surface area contributed by atoms with E-state index in [-0.39, 0.29) is 0 Å². The van der Waals surface area contributed by atoms with Crippen LogP contribution in [-0.4, -0.2) is 22.0 Å². The molecule has 2 heterocycles. The fourth-order valence-corrected chi connectivity index (χ4v) is 2.90. The quantitative estimate of drug-likeness (QED) is 0.774. The summed E-state index contributed by atoms with van der Waals surface area (Å²) in [7, 11) is 0. The standard InChI is InChI=1S/C19H18N4/c1-14-18-19(23(22-14)16-10-6-3-7-11-16)20-13-12-17(21-18)15-8-4-2-5-9-15/h2-11,20H,12-13H2,1H3. The lowest BCUT2D eigenvalue weighted by Crippen LogP contribution is -2.10. The molecule has 114 valence electrons. The minimum absolute atomic E-state index is 0.846. The van der Waals surface area contributed by atoms with Crippen molar-refractivity contribution < 1.29 is 0 Å². The van der Waals surface area contributed by atoms with Crippen molar-refractivity contribution >= 4 is 17.2 Å². The molecule has 1 aliphatic heterocycles. The summed E-state index contributed by atoms with van der Waals surface area (Å²) < 4.78 is 1.95. The first-order chi connectivity index (χ1) is 11.3. The molecule has 23 heavy (non-hydrogen) atoms. The molecule has 0 aliphatic carbocycles. The Morgan fingerprint density at radius 1 is 0.957 bits per heavy atom. The molecule has 0 radical (unpaired) electrons. The summed E-state index contributed by atoms with van der Waals surface area (Å²) in [5, 5.41) is 8.18. The zero-order valence-electron chi connectivity index (χ0n) is 13.0. The average molecular weight is 302 g/mol. The lowest BCUT2D eigenvalue weighted by molar-refractivity contribution is 0.859. The Morgan fingerprint density at radius 3 is 2.39 bits per heavy atom. The molecule has 0 amide bonds. The van der Waals surface area contributed by atoms with E-state index in [1.807, 2.05) is 35.9 Å². The van der Waals surface area contributed by atoms with E-state index in [4.69, 9.17) is 4.99 Å². The van der Waals surface area contributed by atoms with Crippen LogP contribution in [0.3, 0.4) is 0 Å². The Hall–Kier alpha value is -2.88. The minimum atomic E-state index is 0.846. The van der Waals surface area contributed by atoms with E-state index in [1.165, 1.54) is 5.56 Å². The van der Waals surface area contributed by atoms with E-state index >= 15 is 0 Å². The third-order valence-electron chi connectivity index (χ3n) is 4.04. The maximum atomic E-state index is 4.93. The van der Waals surface area contributed by atoms with Gasteiger partial charge in [0.2, 0.25) is 0 Å². The van der Waals surface area contributed by atoms with Gasteiger partial charge >= 0.3 is 0 Å². The first kappa shape index (κ1) is 13.8. The number of rotatable bonds is 2. The van der Waals surface area contributed by atoms with E-state index in [9.17, 15) is 0 Å². The van der Waals surface area contributed by atoms with Crippen molar-refractivity contribution in [3.8, 4) is 5.69 Å². The number of benzene rings is 2. The van der Waals surface area contributed by atoms with Crippen molar-refractivity contribution in [3.05, 3.63) is 71.9 Å². The molecule has 0 atom stereocenters. The molecule has 0 unspecified atom stereocenters. The Morgan fingerprint density at radius 2 is 1.65 bits per heavy atom. The number of aromatic nitrogens is 2. The van der Waals surface area contributed by atoms with E-state index in [0.29, 0.717) is 0 Å². The van der Waals surface area contributed by atoms with Gasteiger partial charge in [-0.05, 0) is 24.6 Å². The molecular weight excluding hydrogens is 284 g/mol. The second kappa shape index (κ2) is 5.72. The molecule has 0 spiro atoms. The summed E-state index contributed by atoms with van der Waals surface area (Å²) in [6, 6.07) is 20.5. The largest absolute Gasteiger partial charge is 0.368 e. The van der Waals surface area contributed by atoms with Crippen molar-refractivity contribution in [2.75, 3.05) is 11.9 Å². The van der Waals surface area contributed by atoms with Crippen LogP contribution in [0.25, 0.3) is 5.69 Å². The summed E-state index contributed by atoms with van der Waals surface area (Å²) in [6.45, 7) is 2.86. The highest BCUT2D eigenvalue weighted by atomic mass is 15.3. The van der Waals surface area contributed by atoms with Gasteiger partial charge in [-0.2, -0.15) is 5.10 Å². The molecule has 4 heteroatoms. The van der Waals surface area contributed by atoms with Crippen LogP contribution in [0, 0.1) is 6.92 Å². The molecule has 4 rings (SSSR count). The van der Waals surface area contributed by atoms with Gasteiger partial charge in [-0.15, -0.1) is 0 Å². The second-order valence-corrected chi connectivity index (χ2v) is 5.63. The van der Waals surface area contributed by atoms with Crippen LogP contribution < -0.4 is 5.32 Å². The molecule has 2 aromatic carbocycles. The normalized spacial score (nSPS) is 13.7. The highest BCUT2D eigenvalue weighted by Gasteiger charge is 2.19. The van der Waals surface area contributed by atoms with Crippen LogP contribution >= 0.6 is 0 Å². The van der Waals surface area contributed by atoms with Gasteiger partial charge in [-0.1, -0.05) is 48.5 Å². The molecule has 0 bridgehead atoms. The van der Waals surface area contributed by atoms with Crippen LogP contribution in [0.4, 0.5) is 11.5 Å². The van der Waals surface area contributed by atoms with Gasteiger partial charge < -0.3 is 5.32 Å². The van der Waals surface area contributed by atoms with Crippen molar-refractivity contribution in [1.29, 1.82) is 0 Å². The first-order valence-electron chi connectivity index (χ1n) is 7.85. The lowest BCUT2D eigenvalue weighted by Gasteiger charge is -2.08. The predicted octanol–water partition coefficient (Wildman–Crippen LogP) is 4.12. The maximum absolute atomic E-state index is 4.93. The van der Waals surface area contributed by atoms with Gasteiger partial charge in [-0.25, -0.2) is 9.67 Å². The van der Waals surface area contributed by atoms with Gasteiger partial charge in [0.25, 0.3) is 0 Å². The van der Waals surface area contributed by atoms with Gasteiger partial charge in [0.1, 0.15) is 5.69 Å². The fourth-order valence-electron chi connectivity index (χ4n) is 2.90. The number of anilines is 1. The number of aryl methyl sites for hydroxylation is 1. The molecule has 0 fully saturated rings.